The fourth-order valence-electron chi connectivity index (χ4n) is 2.38. The Kier molecular flexibility index (Phi) is 4.15. The van der Waals surface area contributed by atoms with E-state index in [9.17, 15) is 4.79 Å². The van der Waals surface area contributed by atoms with Gasteiger partial charge in [-0.3, -0.25) is 0 Å². The van der Waals surface area contributed by atoms with Gasteiger partial charge >= 0.3 is 5.97 Å². The topological polar surface area (TPSA) is 49.3 Å². The third kappa shape index (κ3) is 2.79. The van der Waals surface area contributed by atoms with E-state index in [-0.39, 0.29) is 0 Å². The van der Waals surface area contributed by atoms with Crippen molar-refractivity contribution in [2.45, 2.75) is 25.7 Å². The third-order valence-corrected chi connectivity index (χ3v) is 3.50. The van der Waals surface area contributed by atoms with Crippen molar-refractivity contribution in [2.24, 2.45) is 0 Å². The molecule has 1 unspecified atom stereocenters. The van der Waals surface area contributed by atoms with E-state index in [1.54, 1.807) is 6.08 Å². The molecule has 3 heteroatoms. The van der Waals surface area contributed by atoms with Crippen LogP contribution in [0.15, 0.2) is 35.9 Å². The van der Waals surface area contributed by atoms with E-state index in [0.29, 0.717) is 24.5 Å². The fourth-order valence-corrected chi connectivity index (χ4v) is 2.38. The number of hydrogen-bond donors (Lipinski definition) is 2. The largest absolute Gasteiger partial charge is 0.478 e. The van der Waals surface area contributed by atoms with Crippen molar-refractivity contribution in [1.29, 1.82) is 0 Å². The monoisotopic (exact) mass is 245 g/mol. The lowest BCUT2D eigenvalue weighted by molar-refractivity contribution is -0.132. The smallest absolute Gasteiger partial charge is 0.331 e. The quantitative estimate of drug-likeness (QED) is 0.597. The Bertz CT molecular complexity index is 465. The second-order valence-corrected chi connectivity index (χ2v) is 4.65. The molecule has 1 aliphatic rings. The van der Waals surface area contributed by atoms with Crippen LogP contribution in [0.3, 0.4) is 0 Å². The van der Waals surface area contributed by atoms with E-state index in [4.69, 9.17) is 5.11 Å². The highest BCUT2D eigenvalue weighted by atomic mass is 16.4. The molecule has 0 heterocycles. The second-order valence-electron chi connectivity index (χ2n) is 4.65. The van der Waals surface area contributed by atoms with Crippen molar-refractivity contribution < 1.29 is 9.90 Å². The minimum absolute atomic E-state index is 0.483. The first kappa shape index (κ1) is 12.8. The summed E-state index contributed by atoms with van der Waals surface area (Å²) in [5.74, 6) is -0.224. The Morgan fingerprint density at radius 3 is 2.94 bits per heavy atom. The lowest BCUT2D eigenvalue weighted by Crippen LogP contribution is -2.29. The van der Waals surface area contributed by atoms with Gasteiger partial charge in [0.2, 0.25) is 0 Å². The maximum Gasteiger partial charge on any atom is 0.331 e. The zero-order chi connectivity index (χ0) is 13.0. The van der Waals surface area contributed by atoms with Crippen LogP contribution in [0, 0.1) is 0 Å². The summed E-state index contributed by atoms with van der Waals surface area (Å²) in [5.41, 5.74) is 3.36. The van der Waals surface area contributed by atoms with Crippen molar-refractivity contribution in [2.75, 3.05) is 13.1 Å². The summed E-state index contributed by atoms with van der Waals surface area (Å²) in [7, 11) is 0. The number of hydrogen-bond acceptors (Lipinski definition) is 2. The minimum Gasteiger partial charge on any atom is -0.478 e. The van der Waals surface area contributed by atoms with Crippen LogP contribution in [0.2, 0.25) is 0 Å². The minimum atomic E-state index is -0.812. The molecule has 1 aromatic rings. The van der Waals surface area contributed by atoms with Crippen molar-refractivity contribution in [1.82, 2.24) is 5.32 Å². The summed E-state index contributed by atoms with van der Waals surface area (Å²) < 4.78 is 0. The van der Waals surface area contributed by atoms with Gasteiger partial charge in [-0.15, -0.1) is 0 Å². The molecule has 0 radical (unpaired) electrons. The average Bonchev–Trinajstić information content (AvgIpc) is 2.33. The van der Waals surface area contributed by atoms with Crippen LogP contribution in [0.4, 0.5) is 0 Å². The molecule has 2 N–H and O–H groups in total. The van der Waals surface area contributed by atoms with Gasteiger partial charge in [0, 0.05) is 24.6 Å². The molecule has 0 saturated heterocycles. The maximum absolute atomic E-state index is 10.8. The fraction of sp³-hybridized carbons (Fsp3) is 0.400. The van der Waals surface area contributed by atoms with Gasteiger partial charge < -0.3 is 10.4 Å². The van der Waals surface area contributed by atoms with Gasteiger partial charge in [0.25, 0.3) is 0 Å². The highest BCUT2D eigenvalue weighted by Crippen LogP contribution is 2.33. The Hall–Kier alpha value is -1.61. The number of carboxylic acid groups (broad SMARTS) is 1. The van der Waals surface area contributed by atoms with Crippen LogP contribution in [0.25, 0.3) is 0 Å². The lowest BCUT2D eigenvalue weighted by atomic mass is 9.77. The average molecular weight is 245 g/mol. The first-order valence-electron chi connectivity index (χ1n) is 6.43. The molecule has 1 aliphatic carbocycles. The lowest BCUT2D eigenvalue weighted by Gasteiger charge is -2.30. The number of carbonyl (C=O) groups is 1. The van der Waals surface area contributed by atoms with E-state index >= 15 is 0 Å². The van der Waals surface area contributed by atoms with E-state index < -0.39 is 5.97 Å². The zero-order valence-electron chi connectivity index (χ0n) is 10.6. The molecule has 0 aliphatic heterocycles. The predicted molar refractivity (Wildman–Crippen MR) is 71.8 cm³/mol. The Morgan fingerprint density at radius 2 is 2.28 bits per heavy atom. The van der Waals surface area contributed by atoms with Crippen LogP contribution in [-0.4, -0.2) is 24.2 Å². The summed E-state index contributed by atoms with van der Waals surface area (Å²) >= 11 is 0. The van der Waals surface area contributed by atoms with Gasteiger partial charge in [0.1, 0.15) is 0 Å². The first-order valence-corrected chi connectivity index (χ1v) is 6.43. The van der Waals surface area contributed by atoms with Crippen LogP contribution >= 0.6 is 0 Å². The molecule has 18 heavy (non-hydrogen) atoms. The summed E-state index contributed by atoms with van der Waals surface area (Å²) in [5, 5.41) is 12.2. The number of fused-ring (bicyclic) bond motifs is 1. The normalized spacial score (nSPS) is 18.1. The molecule has 0 saturated carbocycles. The van der Waals surface area contributed by atoms with Gasteiger partial charge in [-0.25, -0.2) is 4.79 Å². The van der Waals surface area contributed by atoms with Crippen molar-refractivity contribution in [3.63, 3.8) is 0 Å². The molecule has 1 aromatic carbocycles. The summed E-state index contributed by atoms with van der Waals surface area (Å²) in [6, 6.07) is 8.50. The van der Waals surface area contributed by atoms with Gasteiger partial charge in [0.15, 0.2) is 0 Å². The molecule has 0 amide bonds. The van der Waals surface area contributed by atoms with E-state index in [1.807, 2.05) is 6.92 Å². The summed E-state index contributed by atoms with van der Waals surface area (Å²) in [4.78, 5) is 10.8. The van der Waals surface area contributed by atoms with Crippen molar-refractivity contribution >= 4 is 5.97 Å². The Balaban J connectivity index is 1.77. The highest BCUT2D eigenvalue weighted by molar-refractivity contribution is 5.86. The standard InChI is InChI=1S/C15H19NO2/c1-2-11(15(17)18)7-8-16-10-13-9-12-5-3-4-6-14(12)13/h3-7,13,16H,2,8-10H2,1H3,(H,17,18)/b11-7-. The molecule has 96 valence electrons. The van der Waals surface area contributed by atoms with E-state index in [0.717, 1.165) is 13.0 Å². The van der Waals surface area contributed by atoms with Crippen LogP contribution in [0.1, 0.15) is 30.4 Å². The summed E-state index contributed by atoms with van der Waals surface area (Å²) in [6.45, 7) is 3.42. The number of carboxylic acids is 1. The van der Waals surface area contributed by atoms with E-state index in [1.165, 1.54) is 11.1 Å². The van der Waals surface area contributed by atoms with Gasteiger partial charge in [-0.05, 0) is 24.0 Å². The molecule has 0 bridgehead atoms. The highest BCUT2D eigenvalue weighted by Gasteiger charge is 2.24. The Morgan fingerprint density at radius 1 is 1.50 bits per heavy atom. The van der Waals surface area contributed by atoms with Crippen molar-refractivity contribution in [3.05, 3.63) is 47.0 Å². The number of nitrogens with one attached hydrogen (secondary N) is 1. The second kappa shape index (κ2) is 5.83. The maximum atomic E-state index is 10.8. The number of aliphatic carboxylic acids is 1. The van der Waals surface area contributed by atoms with Gasteiger partial charge in [-0.2, -0.15) is 0 Å². The molecule has 1 atom stereocenters. The van der Waals surface area contributed by atoms with Crippen LogP contribution in [0.5, 0.6) is 0 Å². The molecular weight excluding hydrogens is 226 g/mol. The third-order valence-electron chi connectivity index (χ3n) is 3.50. The molecule has 0 spiro atoms. The van der Waals surface area contributed by atoms with Gasteiger partial charge in [0.05, 0.1) is 0 Å². The zero-order valence-corrected chi connectivity index (χ0v) is 10.6. The SMILES string of the molecule is CC/C(=C/CNCC1Cc2ccccc21)C(=O)O. The van der Waals surface area contributed by atoms with Crippen molar-refractivity contribution in [3.8, 4) is 0 Å². The molecule has 3 nitrogen and oxygen atoms in total. The number of rotatable bonds is 6. The van der Waals surface area contributed by atoms with Gasteiger partial charge in [-0.1, -0.05) is 37.3 Å². The van der Waals surface area contributed by atoms with Crippen LogP contribution in [-0.2, 0) is 11.2 Å². The predicted octanol–water partition coefficient (Wildman–Crippen LogP) is 2.34. The van der Waals surface area contributed by atoms with E-state index in [2.05, 4.69) is 29.6 Å². The molecule has 0 aromatic heterocycles. The molecule has 0 fully saturated rings. The summed E-state index contributed by atoms with van der Waals surface area (Å²) in [6.07, 6.45) is 3.47. The van der Waals surface area contributed by atoms with Crippen LogP contribution < -0.4 is 5.32 Å². The first-order chi connectivity index (χ1) is 8.72. The molecular formula is C15H19NO2. The Labute approximate surface area is 108 Å². The number of benzene rings is 1. The molecule has 2 rings (SSSR count).